The van der Waals surface area contributed by atoms with Crippen LogP contribution in [0.5, 0.6) is 0 Å². The van der Waals surface area contributed by atoms with E-state index in [4.69, 9.17) is 0 Å². The summed E-state index contributed by atoms with van der Waals surface area (Å²) in [6.07, 6.45) is 0. The van der Waals surface area contributed by atoms with Crippen LogP contribution in [0.4, 0.5) is 21.7 Å². The second-order valence-electron chi connectivity index (χ2n) is 4.62. The van der Waals surface area contributed by atoms with E-state index >= 15 is 0 Å². The summed E-state index contributed by atoms with van der Waals surface area (Å²) in [5.74, 6) is 1.87. The van der Waals surface area contributed by atoms with Crippen molar-refractivity contribution in [2.45, 2.75) is 26.8 Å². The first-order valence-corrected chi connectivity index (χ1v) is 6.18. The number of aryl methyl sites for hydroxylation is 1. The van der Waals surface area contributed by atoms with Crippen LogP contribution in [0, 0.1) is 12.7 Å². The minimum atomic E-state index is -0.258. The Bertz CT molecular complexity index is 552. The standard InChI is InChI=1S/C14H17FN4/c1-9(2)16-13-8-14(18-10(3)17-13)19-12-6-4-11(15)5-7-12/h4-9H,1-3H3,(H2,16,17,18,19). The normalized spacial score (nSPS) is 10.6. The quantitative estimate of drug-likeness (QED) is 0.883. The molecule has 0 radical (unpaired) electrons. The number of benzene rings is 1. The highest BCUT2D eigenvalue weighted by Crippen LogP contribution is 2.18. The van der Waals surface area contributed by atoms with Gasteiger partial charge in [-0.1, -0.05) is 0 Å². The van der Waals surface area contributed by atoms with Crippen molar-refractivity contribution >= 4 is 17.3 Å². The lowest BCUT2D eigenvalue weighted by molar-refractivity contribution is 0.628. The Balaban J connectivity index is 2.19. The molecular formula is C14H17FN4. The van der Waals surface area contributed by atoms with Gasteiger partial charge in [0.25, 0.3) is 0 Å². The zero-order valence-corrected chi connectivity index (χ0v) is 11.2. The summed E-state index contributed by atoms with van der Waals surface area (Å²) in [6, 6.07) is 8.28. The molecule has 19 heavy (non-hydrogen) atoms. The maximum absolute atomic E-state index is 12.8. The highest BCUT2D eigenvalue weighted by Gasteiger charge is 2.03. The smallest absolute Gasteiger partial charge is 0.136 e. The predicted octanol–water partition coefficient (Wildman–Crippen LogP) is 3.49. The lowest BCUT2D eigenvalue weighted by Gasteiger charge is -2.12. The zero-order valence-electron chi connectivity index (χ0n) is 11.2. The summed E-state index contributed by atoms with van der Waals surface area (Å²) in [5.41, 5.74) is 0.787. The van der Waals surface area contributed by atoms with Crippen molar-refractivity contribution in [3.63, 3.8) is 0 Å². The molecule has 0 aliphatic carbocycles. The van der Waals surface area contributed by atoms with E-state index in [0.29, 0.717) is 17.7 Å². The molecular weight excluding hydrogens is 243 g/mol. The summed E-state index contributed by atoms with van der Waals surface area (Å²) in [7, 11) is 0. The van der Waals surface area contributed by atoms with Gasteiger partial charge in [0.15, 0.2) is 0 Å². The van der Waals surface area contributed by atoms with Gasteiger partial charge in [-0.05, 0) is 45.0 Å². The van der Waals surface area contributed by atoms with Gasteiger partial charge in [0.1, 0.15) is 23.3 Å². The van der Waals surface area contributed by atoms with Crippen LogP contribution in [-0.2, 0) is 0 Å². The summed E-state index contributed by atoms with van der Waals surface area (Å²) < 4.78 is 12.8. The number of aromatic nitrogens is 2. The minimum Gasteiger partial charge on any atom is -0.368 e. The summed E-state index contributed by atoms with van der Waals surface area (Å²) in [6.45, 7) is 5.93. The Kier molecular flexibility index (Phi) is 3.94. The molecule has 1 aromatic heterocycles. The first kappa shape index (κ1) is 13.3. The number of nitrogens with one attached hydrogen (secondary N) is 2. The van der Waals surface area contributed by atoms with Gasteiger partial charge in [-0.15, -0.1) is 0 Å². The van der Waals surface area contributed by atoms with Gasteiger partial charge in [0.2, 0.25) is 0 Å². The predicted molar refractivity (Wildman–Crippen MR) is 75.2 cm³/mol. The van der Waals surface area contributed by atoms with Crippen LogP contribution in [0.3, 0.4) is 0 Å². The molecule has 0 bridgehead atoms. The summed E-state index contributed by atoms with van der Waals surface area (Å²) >= 11 is 0. The third-order valence-electron chi connectivity index (χ3n) is 2.39. The van der Waals surface area contributed by atoms with E-state index in [2.05, 4.69) is 20.6 Å². The highest BCUT2D eigenvalue weighted by molar-refractivity contribution is 5.59. The fourth-order valence-electron chi connectivity index (χ4n) is 1.68. The van der Waals surface area contributed by atoms with Gasteiger partial charge in [0.05, 0.1) is 0 Å². The number of hydrogen-bond donors (Lipinski definition) is 2. The van der Waals surface area contributed by atoms with Crippen LogP contribution in [0.25, 0.3) is 0 Å². The SMILES string of the molecule is Cc1nc(Nc2ccc(F)cc2)cc(NC(C)C)n1. The van der Waals surface area contributed by atoms with E-state index in [1.807, 2.05) is 26.8 Å². The molecule has 0 atom stereocenters. The lowest BCUT2D eigenvalue weighted by Crippen LogP contribution is -2.12. The summed E-state index contributed by atoms with van der Waals surface area (Å²) in [4.78, 5) is 8.61. The van der Waals surface area contributed by atoms with Crippen molar-refractivity contribution < 1.29 is 4.39 Å². The van der Waals surface area contributed by atoms with E-state index < -0.39 is 0 Å². The largest absolute Gasteiger partial charge is 0.368 e. The maximum Gasteiger partial charge on any atom is 0.136 e. The van der Waals surface area contributed by atoms with Gasteiger partial charge >= 0.3 is 0 Å². The van der Waals surface area contributed by atoms with E-state index in [-0.39, 0.29) is 5.82 Å². The van der Waals surface area contributed by atoms with Gasteiger partial charge in [-0.3, -0.25) is 0 Å². The van der Waals surface area contributed by atoms with E-state index in [1.165, 1.54) is 12.1 Å². The van der Waals surface area contributed by atoms with Crippen LogP contribution in [0.15, 0.2) is 30.3 Å². The van der Waals surface area contributed by atoms with Crippen molar-refractivity contribution in [1.82, 2.24) is 9.97 Å². The Hall–Kier alpha value is -2.17. The van der Waals surface area contributed by atoms with Gasteiger partial charge < -0.3 is 10.6 Å². The van der Waals surface area contributed by atoms with Crippen LogP contribution in [0.2, 0.25) is 0 Å². The van der Waals surface area contributed by atoms with Gasteiger partial charge in [0, 0.05) is 17.8 Å². The average molecular weight is 260 g/mol. The first-order valence-electron chi connectivity index (χ1n) is 6.18. The lowest BCUT2D eigenvalue weighted by atomic mass is 10.3. The monoisotopic (exact) mass is 260 g/mol. The molecule has 2 rings (SSSR count). The number of halogens is 1. The fourth-order valence-corrected chi connectivity index (χ4v) is 1.68. The molecule has 0 amide bonds. The van der Waals surface area contributed by atoms with Crippen molar-refractivity contribution in [3.05, 3.63) is 42.0 Å². The van der Waals surface area contributed by atoms with Crippen LogP contribution in [0.1, 0.15) is 19.7 Å². The van der Waals surface area contributed by atoms with Crippen LogP contribution >= 0.6 is 0 Å². The molecule has 1 aromatic carbocycles. The molecule has 100 valence electrons. The second kappa shape index (κ2) is 5.65. The Morgan fingerprint density at radius 3 is 2.32 bits per heavy atom. The van der Waals surface area contributed by atoms with E-state index in [0.717, 1.165) is 11.5 Å². The van der Waals surface area contributed by atoms with Crippen molar-refractivity contribution in [2.24, 2.45) is 0 Å². The first-order chi connectivity index (χ1) is 9.02. The van der Waals surface area contributed by atoms with E-state index in [1.54, 1.807) is 12.1 Å². The molecule has 0 unspecified atom stereocenters. The highest BCUT2D eigenvalue weighted by atomic mass is 19.1. The number of hydrogen-bond acceptors (Lipinski definition) is 4. The third-order valence-corrected chi connectivity index (χ3v) is 2.39. The molecule has 2 aromatic rings. The van der Waals surface area contributed by atoms with Crippen molar-refractivity contribution in [3.8, 4) is 0 Å². The Morgan fingerprint density at radius 2 is 1.68 bits per heavy atom. The number of nitrogens with zero attached hydrogens (tertiary/aromatic N) is 2. The molecule has 0 saturated heterocycles. The number of rotatable bonds is 4. The molecule has 0 fully saturated rings. The molecule has 0 aliphatic heterocycles. The fraction of sp³-hybridized carbons (Fsp3) is 0.286. The maximum atomic E-state index is 12.8. The molecule has 4 nitrogen and oxygen atoms in total. The number of anilines is 3. The average Bonchev–Trinajstić information content (AvgIpc) is 2.30. The molecule has 2 N–H and O–H groups in total. The van der Waals surface area contributed by atoms with Crippen molar-refractivity contribution in [1.29, 1.82) is 0 Å². The zero-order chi connectivity index (χ0) is 13.8. The summed E-state index contributed by atoms with van der Waals surface area (Å²) in [5, 5.41) is 6.36. The molecule has 1 heterocycles. The van der Waals surface area contributed by atoms with Crippen LogP contribution < -0.4 is 10.6 Å². The molecule has 0 aliphatic rings. The second-order valence-corrected chi connectivity index (χ2v) is 4.62. The molecule has 5 heteroatoms. The van der Waals surface area contributed by atoms with E-state index in [9.17, 15) is 4.39 Å². The molecule has 0 saturated carbocycles. The Labute approximate surface area is 112 Å². The van der Waals surface area contributed by atoms with Crippen molar-refractivity contribution in [2.75, 3.05) is 10.6 Å². The van der Waals surface area contributed by atoms with Gasteiger partial charge in [-0.2, -0.15) is 0 Å². The topological polar surface area (TPSA) is 49.8 Å². The minimum absolute atomic E-state index is 0.258. The van der Waals surface area contributed by atoms with Crippen LogP contribution in [-0.4, -0.2) is 16.0 Å². The van der Waals surface area contributed by atoms with Gasteiger partial charge in [-0.25, -0.2) is 14.4 Å². The third kappa shape index (κ3) is 3.91. The molecule has 0 spiro atoms. The Morgan fingerprint density at radius 1 is 1.05 bits per heavy atom.